The van der Waals surface area contributed by atoms with Crippen LogP contribution in [0.5, 0.6) is 0 Å². The maximum atomic E-state index is 12.5. The Morgan fingerprint density at radius 3 is 2.55 bits per heavy atom. The van der Waals surface area contributed by atoms with Crippen molar-refractivity contribution in [3.05, 3.63) is 69.6 Å². The molecule has 1 N–H and O–H groups in total. The number of imide groups is 1. The van der Waals surface area contributed by atoms with Gasteiger partial charge in [-0.2, -0.15) is 0 Å². The maximum absolute atomic E-state index is 12.5. The topological polar surface area (TPSA) is 92.8 Å². The third-order valence-electron chi connectivity index (χ3n) is 3.91. The molecule has 9 heteroatoms. The van der Waals surface area contributed by atoms with Crippen LogP contribution in [0.25, 0.3) is 6.08 Å². The smallest absolute Gasteiger partial charge is 0.337 e. The van der Waals surface area contributed by atoms with E-state index in [0.29, 0.717) is 21.8 Å². The number of hydrogen-bond acceptors (Lipinski definition) is 6. The molecule has 0 aliphatic carbocycles. The summed E-state index contributed by atoms with van der Waals surface area (Å²) in [5.74, 6) is -1.54. The minimum absolute atomic E-state index is 0.191. The highest BCUT2D eigenvalue weighted by atomic mass is 35.5. The quantitative estimate of drug-likeness (QED) is 0.573. The van der Waals surface area contributed by atoms with Crippen LogP contribution < -0.4 is 5.32 Å². The molecule has 1 aliphatic rings. The summed E-state index contributed by atoms with van der Waals surface area (Å²) in [5, 5.41) is 2.52. The monoisotopic (exact) mass is 430 g/mol. The normalized spacial score (nSPS) is 15.0. The van der Waals surface area contributed by atoms with E-state index in [1.807, 2.05) is 0 Å². The number of hydrogen-bond donors (Lipinski definition) is 1. The maximum Gasteiger partial charge on any atom is 0.337 e. The average Bonchev–Trinajstić information content (AvgIpc) is 2.95. The fraction of sp³-hybridized carbons (Fsp3) is 0.100. The Balaban J connectivity index is 1.68. The molecule has 3 rings (SSSR count). The van der Waals surface area contributed by atoms with Crippen molar-refractivity contribution < 1.29 is 23.9 Å². The predicted octanol–water partition coefficient (Wildman–Crippen LogP) is 3.80. The zero-order chi connectivity index (χ0) is 21.0. The van der Waals surface area contributed by atoms with E-state index in [2.05, 4.69) is 10.1 Å². The van der Waals surface area contributed by atoms with Crippen LogP contribution in [-0.4, -0.2) is 41.6 Å². The molecule has 29 heavy (non-hydrogen) atoms. The summed E-state index contributed by atoms with van der Waals surface area (Å²) in [5.41, 5.74) is 1.47. The average molecular weight is 431 g/mol. The molecule has 0 spiro atoms. The first-order chi connectivity index (χ1) is 13.9. The van der Waals surface area contributed by atoms with Gasteiger partial charge in [-0.15, -0.1) is 0 Å². The first-order valence-corrected chi connectivity index (χ1v) is 9.56. The second-order valence-corrected chi connectivity index (χ2v) is 7.37. The van der Waals surface area contributed by atoms with Crippen LogP contribution in [0.4, 0.5) is 10.5 Å². The molecule has 0 bridgehead atoms. The Kier molecular flexibility index (Phi) is 6.36. The van der Waals surface area contributed by atoms with Gasteiger partial charge in [0.15, 0.2) is 0 Å². The molecule has 3 amide bonds. The zero-order valence-corrected chi connectivity index (χ0v) is 16.8. The van der Waals surface area contributed by atoms with E-state index in [1.54, 1.807) is 48.5 Å². The lowest BCUT2D eigenvalue weighted by Gasteiger charge is -2.12. The van der Waals surface area contributed by atoms with Crippen LogP contribution >= 0.6 is 23.4 Å². The largest absolute Gasteiger partial charge is 0.465 e. The molecule has 0 saturated carbocycles. The summed E-state index contributed by atoms with van der Waals surface area (Å²) in [7, 11) is 1.29. The Morgan fingerprint density at radius 2 is 1.90 bits per heavy atom. The zero-order valence-electron chi connectivity index (χ0n) is 15.2. The Hall–Kier alpha value is -3.10. The van der Waals surface area contributed by atoms with Crippen molar-refractivity contribution in [1.29, 1.82) is 0 Å². The highest BCUT2D eigenvalue weighted by Crippen LogP contribution is 2.32. The molecule has 0 atom stereocenters. The summed E-state index contributed by atoms with van der Waals surface area (Å²) in [6.07, 6.45) is 1.53. The van der Waals surface area contributed by atoms with Gasteiger partial charge in [-0.05, 0) is 53.7 Å². The van der Waals surface area contributed by atoms with E-state index in [-0.39, 0.29) is 4.91 Å². The van der Waals surface area contributed by atoms with Gasteiger partial charge in [-0.1, -0.05) is 29.8 Å². The number of carbonyl (C=O) groups is 4. The minimum atomic E-state index is -0.557. The number of thioether (sulfide) groups is 1. The molecule has 1 fully saturated rings. The van der Waals surface area contributed by atoms with Crippen molar-refractivity contribution in [2.24, 2.45) is 0 Å². The number of halogens is 1. The van der Waals surface area contributed by atoms with Crippen molar-refractivity contribution >= 4 is 58.1 Å². The molecule has 2 aromatic carbocycles. The number of benzene rings is 2. The highest BCUT2D eigenvalue weighted by Gasteiger charge is 2.36. The van der Waals surface area contributed by atoms with Gasteiger partial charge in [-0.3, -0.25) is 19.3 Å². The molecule has 0 aromatic heterocycles. The molecule has 148 valence electrons. The summed E-state index contributed by atoms with van der Waals surface area (Å²) >= 11 is 6.62. The van der Waals surface area contributed by atoms with Crippen molar-refractivity contribution in [1.82, 2.24) is 4.90 Å². The molecular weight excluding hydrogens is 416 g/mol. The third kappa shape index (κ3) is 5.04. The molecule has 7 nitrogen and oxygen atoms in total. The number of rotatable bonds is 5. The van der Waals surface area contributed by atoms with Crippen LogP contribution in [0.15, 0.2) is 53.4 Å². The molecule has 0 unspecified atom stereocenters. The first-order valence-electron chi connectivity index (χ1n) is 8.36. The lowest BCUT2D eigenvalue weighted by Crippen LogP contribution is -2.36. The van der Waals surface area contributed by atoms with Crippen LogP contribution in [0.2, 0.25) is 5.02 Å². The van der Waals surface area contributed by atoms with Gasteiger partial charge in [-0.25, -0.2) is 4.79 Å². The predicted molar refractivity (Wildman–Crippen MR) is 111 cm³/mol. The number of nitrogens with one attached hydrogen (secondary N) is 1. The number of carbonyl (C=O) groups excluding carboxylic acids is 4. The fourth-order valence-corrected chi connectivity index (χ4v) is 3.56. The van der Waals surface area contributed by atoms with E-state index in [0.717, 1.165) is 16.7 Å². The molecule has 0 radical (unpaired) electrons. The Labute approximate surface area is 175 Å². The van der Waals surface area contributed by atoms with Crippen molar-refractivity contribution in [3.8, 4) is 0 Å². The lowest BCUT2D eigenvalue weighted by atomic mass is 10.1. The van der Waals surface area contributed by atoms with E-state index in [9.17, 15) is 19.2 Å². The summed E-state index contributed by atoms with van der Waals surface area (Å²) in [6, 6.07) is 12.9. The summed E-state index contributed by atoms with van der Waals surface area (Å²) < 4.78 is 4.63. The third-order valence-corrected chi connectivity index (χ3v) is 5.06. The Bertz CT molecular complexity index is 1020. The lowest BCUT2D eigenvalue weighted by molar-refractivity contribution is -0.127. The molecule has 2 aromatic rings. The molecule has 1 saturated heterocycles. The molecule has 1 heterocycles. The van der Waals surface area contributed by atoms with Gasteiger partial charge in [0.05, 0.1) is 17.6 Å². The van der Waals surface area contributed by atoms with Gasteiger partial charge >= 0.3 is 5.97 Å². The summed E-state index contributed by atoms with van der Waals surface area (Å²) in [6.45, 7) is -0.407. The van der Waals surface area contributed by atoms with E-state index >= 15 is 0 Å². The standard InChI is InChI=1S/C20H15ClN2O5S/c1-28-19(26)13-7-5-12(6-8-13)9-16-18(25)23(20(27)29-16)11-17(24)22-15-4-2-3-14(21)10-15/h2-10H,11H2,1H3,(H,22,24)/b16-9+. The highest BCUT2D eigenvalue weighted by molar-refractivity contribution is 8.18. The number of amides is 3. The number of esters is 1. The van der Waals surface area contributed by atoms with Crippen molar-refractivity contribution in [2.75, 3.05) is 19.0 Å². The minimum Gasteiger partial charge on any atom is -0.465 e. The van der Waals surface area contributed by atoms with Crippen molar-refractivity contribution in [2.45, 2.75) is 0 Å². The van der Waals surface area contributed by atoms with Gasteiger partial charge in [0.2, 0.25) is 5.91 Å². The van der Waals surface area contributed by atoms with Crippen molar-refractivity contribution in [3.63, 3.8) is 0 Å². The second-order valence-electron chi connectivity index (χ2n) is 5.94. The van der Waals surface area contributed by atoms with E-state index in [1.165, 1.54) is 13.2 Å². The second kappa shape index (κ2) is 8.93. The number of methoxy groups -OCH3 is 1. The fourth-order valence-electron chi connectivity index (χ4n) is 2.53. The van der Waals surface area contributed by atoms with Gasteiger partial charge in [0.1, 0.15) is 6.54 Å². The van der Waals surface area contributed by atoms with Crippen LogP contribution in [0.3, 0.4) is 0 Å². The van der Waals surface area contributed by atoms with Gasteiger partial charge in [0, 0.05) is 10.7 Å². The molecule has 1 aliphatic heterocycles. The van der Waals surface area contributed by atoms with Gasteiger partial charge < -0.3 is 10.1 Å². The summed E-state index contributed by atoms with van der Waals surface area (Å²) in [4.78, 5) is 49.4. The van der Waals surface area contributed by atoms with Crippen LogP contribution in [0, 0.1) is 0 Å². The molecular formula is C20H15ClN2O5S. The van der Waals surface area contributed by atoms with E-state index < -0.39 is 29.6 Å². The Morgan fingerprint density at radius 1 is 1.17 bits per heavy atom. The van der Waals surface area contributed by atoms with Gasteiger partial charge in [0.25, 0.3) is 11.1 Å². The number of nitrogens with zero attached hydrogens (tertiary/aromatic N) is 1. The van der Waals surface area contributed by atoms with Crippen LogP contribution in [-0.2, 0) is 14.3 Å². The van der Waals surface area contributed by atoms with E-state index in [4.69, 9.17) is 11.6 Å². The SMILES string of the molecule is COC(=O)c1ccc(/C=C2/SC(=O)N(CC(=O)Nc3cccc(Cl)c3)C2=O)cc1. The number of anilines is 1. The number of ether oxygens (including phenoxy) is 1. The van der Waals surface area contributed by atoms with Crippen LogP contribution in [0.1, 0.15) is 15.9 Å². The first kappa shape index (κ1) is 20.6.